The van der Waals surface area contributed by atoms with Crippen LogP contribution in [0.2, 0.25) is 0 Å². The maximum absolute atomic E-state index is 13.7. The molecule has 2 heterocycles. The van der Waals surface area contributed by atoms with E-state index in [1.807, 2.05) is 84.9 Å². The zero-order chi connectivity index (χ0) is 22.1. The van der Waals surface area contributed by atoms with Crippen LogP contribution < -0.4 is 5.32 Å². The fraction of sp³-hybridized carbons (Fsp3) is 0.115. The summed E-state index contributed by atoms with van der Waals surface area (Å²) in [6.45, 7) is -0.324. The molecule has 32 heavy (non-hydrogen) atoms. The van der Waals surface area contributed by atoms with Crippen LogP contribution in [0.15, 0.2) is 91.1 Å². The number of amides is 3. The topological polar surface area (TPSA) is 82.3 Å². The lowest BCUT2D eigenvalue weighted by Crippen LogP contribution is -2.46. The summed E-state index contributed by atoms with van der Waals surface area (Å²) in [5.41, 5.74) is 1.62. The van der Waals surface area contributed by atoms with Gasteiger partial charge in [0.2, 0.25) is 0 Å². The molecule has 1 atom stereocenters. The number of benzene rings is 3. The van der Waals surface area contributed by atoms with Gasteiger partial charge in [0.1, 0.15) is 0 Å². The molecular formula is C26H21N3O3. The molecule has 0 saturated carbocycles. The Morgan fingerprint density at radius 2 is 1.50 bits per heavy atom. The van der Waals surface area contributed by atoms with Gasteiger partial charge in [0, 0.05) is 29.1 Å². The highest BCUT2D eigenvalue weighted by molar-refractivity contribution is 6.14. The number of para-hydroxylation sites is 1. The first-order valence-corrected chi connectivity index (χ1v) is 10.4. The fourth-order valence-electron chi connectivity index (χ4n) is 4.34. The number of H-pyrrole nitrogens is 1. The third kappa shape index (κ3) is 3.26. The maximum Gasteiger partial charge on any atom is 0.325 e. The molecule has 2 N–H and O–H groups in total. The number of rotatable bonds is 6. The van der Waals surface area contributed by atoms with Crippen molar-refractivity contribution >= 4 is 28.6 Å². The molecule has 1 fully saturated rings. The smallest absolute Gasteiger partial charge is 0.325 e. The lowest BCUT2D eigenvalue weighted by Gasteiger charge is -2.27. The average Bonchev–Trinajstić information content (AvgIpc) is 3.36. The van der Waals surface area contributed by atoms with Gasteiger partial charge in [-0.2, -0.15) is 0 Å². The predicted octanol–water partition coefficient (Wildman–Crippen LogP) is 4.04. The number of hydrogen-bond acceptors (Lipinski definition) is 3. The molecule has 6 nitrogen and oxygen atoms in total. The summed E-state index contributed by atoms with van der Waals surface area (Å²) >= 11 is 0. The molecule has 158 valence electrons. The first-order valence-electron chi connectivity index (χ1n) is 10.4. The number of Topliss-reactive ketones (excluding diaryl/α,β-unsaturated/α-hetero) is 1. The Morgan fingerprint density at radius 3 is 2.25 bits per heavy atom. The van der Waals surface area contributed by atoms with Crippen LogP contribution in [-0.4, -0.2) is 34.2 Å². The molecule has 0 aliphatic carbocycles. The SMILES string of the molecule is O=C(CN1C(=O)N[C@](Cc2ccccc2)(c2ccccc2)C1=O)c1c[nH]c2ccccc12. The van der Waals surface area contributed by atoms with Crippen molar-refractivity contribution in [1.29, 1.82) is 0 Å². The van der Waals surface area contributed by atoms with Crippen molar-refractivity contribution in [3.63, 3.8) is 0 Å². The third-order valence-electron chi connectivity index (χ3n) is 5.95. The third-order valence-corrected chi connectivity index (χ3v) is 5.95. The molecule has 0 radical (unpaired) electrons. The molecule has 1 saturated heterocycles. The Morgan fingerprint density at radius 1 is 0.844 bits per heavy atom. The van der Waals surface area contributed by atoms with Crippen LogP contribution >= 0.6 is 0 Å². The summed E-state index contributed by atoms with van der Waals surface area (Å²) in [6, 6.07) is 25.6. The summed E-state index contributed by atoms with van der Waals surface area (Å²) in [5.74, 6) is -0.722. The number of hydrogen-bond donors (Lipinski definition) is 2. The summed E-state index contributed by atoms with van der Waals surface area (Å²) in [4.78, 5) is 43.8. The van der Waals surface area contributed by atoms with E-state index in [1.54, 1.807) is 6.20 Å². The summed E-state index contributed by atoms with van der Waals surface area (Å²) in [7, 11) is 0. The Labute approximate surface area is 184 Å². The zero-order valence-corrected chi connectivity index (χ0v) is 17.2. The normalized spacial score (nSPS) is 18.2. The molecule has 4 aromatic rings. The summed E-state index contributed by atoms with van der Waals surface area (Å²) in [6.07, 6.45) is 1.92. The van der Waals surface area contributed by atoms with Crippen molar-refractivity contribution in [3.05, 3.63) is 108 Å². The first kappa shape index (κ1) is 19.8. The molecule has 0 unspecified atom stereocenters. The van der Waals surface area contributed by atoms with Gasteiger partial charge >= 0.3 is 6.03 Å². The van der Waals surface area contributed by atoms with Crippen molar-refractivity contribution in [1.82, 2.24) is 15.2 Å². The van der Waals surface area contributed by atoms with Crippen LogP contribution in [0.1, 0.15) is 21.5 Å². The van der Waals surface area contributed by atoms with Crippen molar-refractivity contribution < 1.29 is 14.4 Å². The molecule has 5 rings (SSSR count). The van der Waals surface area contributed by atoms with Gasteiger partial charge in [0.05, 0.1) is 6.54 Å². The van der Waals surface area contributed by atoms with E-state index >= 15 is 0 Å². The molecule has 3 aromatic carbocycles. The van der Waals surface area contributed by atoms with E-state index in [0.29, 0.717) is 17.5 Å². The van der Waals surface area contributed by atoms with E-state index < -0.39 is 17.5 Å². The second-order valence-electron chi connectivity index (χ2n) is 7.93. The van der Waals surface area contributed by atoms with Gasteiger partial charge < -0.3 is 10.3 Å². The lowest BCUT2D eigenvalue weighted by atomic mass is 9.83. The van der Waals surface area contributed by atoms with E-state index in [4.69, 9.17) is 0 Å². The van der Waals surface area contributed by atoms with Crippen LogP contribution in [0.5, 0.6) is 0 Å². The zero-order valence-electron chi connectivity index (χ0n) is 17.2. The molecule has 1 aromatic heterocycles. The largest absolute Gasteiger partial charge is 0.360 e. The number of nitrogens with one attached hydrogen (secondary N) is 2. The highest BCUT2D eigenvalue weighted by Gasteiger charge is 2.52. The summed E-state index contributed by atoms with van der Waals surface area (Å²) in [5, 5.41) is 3.66. The number of ketones is 1. The number of fused-ring (bicyclic) bond motifs is 1. The maximum atomic E-state index is 13.7. The molecule has 3 amide bonds. The van der Waals surface area contributed by atoms with Crippen LogP contribution in [-0.2, 0) is 16.8 Å². The van der Waals surface area contributed by atoms with E-state index in [2.05, 4.69) is 10.3 Å². The Kier molecular flexibility index (Phi) is 4.82. The quantitative estimate of drug-likeness (QED) is 0.363. The van der Waals surface area contributed by atoms with Gasteiger partial charge in [-0.3, -0.25) is 14.5 Å². The van der Waals surface area contributed by atoms with Crippen molar-refractivity contribution in [2.45, 2.75) is 12.0 Å². The number of aromatic amines is 1. The van der Waals surface area contributed by atoms with Gasteiger partial charge in [-0.05, 0) is 17.2 Å². The molecule has 1 aliphatic heterocycles. The number of carbonyl (C=O) groups is 3. The minimum atomic E-state index is -1.26. The molecular weight excluding hydrogens is 402 g/mol. The van der Waals surface area contributed by atoms with Gasteiger partial charge in [-0.1, -0.05) is 78.9 Å². The highest BCUT2D eigenvalue weighted by Crippen LogP contribution is 2.33. The number of nitrogens with zero attached hydrogens (tertiary/aromatic N) is 1. The van der Waals surface area contributed by atoms with Gasteiger partial charge in [0.15, 0.2) is 11.3 Å². The Hall–Kier alpha value is -4.19. The van der Waals surface area contributed by atoms with Gasteiger partial charge in [0.25, 0.3) is 5.91 Å². The molecule has 0 spiro atoms. The first-order chi connectivity index (χ1) is 15.6. The standard InChI is InChI=1S/C26H21N3O3/c30-23(21-16-27-22-14-8-7-13-20(21)22)17-29-24(31)26(28-25(29)32,19-11-5-2-6-12-19)15-18-9-3-1-4-10-18/h1-14,16,27H,15,17H2,(H,28,32)/t26-/m1/s1. The molecule has 0 bridgehead atoms. The van der Waals surface area contributed by atoms with Crippen LogP contribution in [0.3, 0.4) is 0 Å². The van der Waals surface area contributed by atoms with E-state index in [-0.39, 0.29) is 12.3 Å². The van der Waals surface area contributed by atoms with Crippen molar-refractivity contribution in [3.8, 4) is 0 Å². The van der Waals surface area contributed by atoms with Gasteiger partial charge in [-0.15, -0.1) is 0 Å². The number of carbonyl (C=O) groups excluding carboxylic acids is 3. The van der Waals surface area contributed by atoms with E-state index in [0.717, 1.165) is 21.4 Å². The number of aromatic nitrogens is 1. The lowest BCUT2D eigenvalue weighted by molar-refractivity contribution is -0.131. The molecule has 6 heteroatoms. The van der Waals surface area contributed by atoms with Crippen molar-refractivity contribution in [2.24, 2.45) is 0 Å². The van der Waals surface area contributed by atoms with Crippen LogP contribution in [0.4, 0.5) is 4.79 Å². The Balaban J connectivity index is 1.49. The van der Waals surface area contributed by atoms with Crippen LogP contribution in [0, 0.1) is 0 Å². The monoisotopic (exact) mass is 423 g/mol. The fourth-order valence-corrected chi connectivity index (χ4v) is 4.34. The van der Waals surface area contributed by atoms with E-state index in [9.17, 15) is 14.4 Å². The average molecular weight is 423 g/mol. The number of imide groups is 1. The second-order valence-corrected chi connectivity index (χ2v) is 7.93. The second kappa shape index (κ2) is 7.81. The Bertz CT molecular complexity index is 1310. The highest BCUT2D eigenvalue weighted by atomic mass is 16.2. The minimum Gasteiger partial charge on any atom is -0.360 e. The van der Waals surface area contributed by atoms with E-state index in [1.165, 1.54) is 0 Å². The predicted molar refractivity (Wildman–Crippen MR) is 121 cm³/mol. The minimum absolute atomic E-state index is 0.292. The van der Waals surface area contributed by atoms with Crippen molar-refractivity contribution in [2.75, 3.05) is 6.54 Å². The van der Waals surface area contributed by atoms with Gasteiger partial charge in [-0.25, -0.2) is 4.79 Å². The van der Waals surface area contributed by atoms with Crippen LogP contribution in [0.25, 0.3) is 10.9 Å². The molecule has 1 aliphatic rings. The summed E-state index contributed by atoms with van der Waals surface area (Å²) < 4.78 is 0. The number of urea groups is 1.